The van der Waals surface area contributed by atoms with Crippen LogP contribution < -0.4 is 10.6 Å². The average Bonchev–Trinajstić information content (AvgIpc) is 2.55. The van der Waals surface area contributed by atoms with Gasteiger partial charge in [-0.05, 0) is 20.1 Å². The molecule has 1 amide bonds. The molecule has 0 saturated carbocycles. The second-order valence-corrected chi connectivity index (χ2v) is 6.19. The molecule has 0 aromatic carbocycles. The first-order chi connectivity index (χ1) is 7.26. The Hall–Kier alpha value is -0.0700. The van der Waals surface area contributed by atoms with Crippen LogP contribution in [-0.2, 0) is 4.79 Å². The van der Waals surface area contributed by atoms with Gasteiger partial charge >= 0.3 is 0 Å². The lowest BCUT2D eigenvalue weighted by Crippen LogP contribution is -2.44. The highest BCUT2D eigenvalue weighted by Crippen LogP contribution is 2.25. The summed E-state index contributed by atoms with van der Waals surface area (Å²) < 4.78 is 25.6. The molecule has 7 heteroatoms. The summed E-state index contributed by atoms with van der Waals surface area (Å²) in [5, 5.41) is 5.23. The van der Waals surface area contributed by atoms with Crippen LogP contribution in [0.1, 0.15) is 20.3 Å². The van der Waals surface area contributed by atoms with Gasteiger partial charge in [-0.1, -0.05) is 0 Å². The van der Waals surface area contributed by atoms with E-state index in [0.29, 0.717) is 6.54 Å². The Morgan fingerprint density at radius 1 is 1.59 bits per heavy atom. The molecule has 0 aliphatic carbocycles. The van der Waals surface area contributed by atoms with E-state index in [1.165, 1.54) is 0 Å². The Kier molecular flexibility index (Phi) is 6.18. The highest BCUT2D eigenvalue weighted by molar-refractivity contribution is 7.99. The first-order valence-corrected chi connectivity index (χ1v) is 6.42. The Bertz CT molecular complexity index is 277. The van der Waals surface area contributed by atoms with Crippen molar-refractivity contribution < 1.29 is 13.6 Å². The van der Waals surface area contributed by atoms with E-state index in [1.807, 2.05) is 20.1 Å². The molecule has 0 radical (unpaired) electrons. The van der Waals surface area contributed by atoms with Gasteiger partial charge in [-0.2, -0.15) is 11.8 Å². The van der Waals surface area contributed by atoms with Crippen molar-refractivity contribution >= 4 is 30.1 Å². The Balaban J connectivity index is 0.00000256. The van der Waals surface area contributed by atoms with Crippen LogP contribution in [0.15, 0.2) is 0 Å². The summed E-state index contributed by atoms with van der Waals surface area (Å²) in [6.45, 7) is 4.07. The summed E-state index contributed by atoms with van der Waals surface area (Å²) in [5.74, 6) is -3.09. The van der Waals surface area contributed by atoms with Crippen LogP contribution in [-0.4, -0.2) is 42.0 Å². The minimum Gasteiger partial charge on any atom is -0.353 e. The molecule has 1 unspecified atom stereocenters. The van der Waals surface area contributed by atoms with E-state index >= 15 is 0 Å². The lowest BCUT2D eigenvalue weighted by molar-refractivity contribution is -0.123. The van der Waals surface area contributed by atoms with E-state index in [1.54, 1.807) is 11.8 Å². The number of hydrogen-bond donors (Lipinski definition) is 2. The molecule has 1 aliphatic heterocycles. The Morgan fingerprint density at radius 2 is 2.18 bits per heavy atom. The normalized spacial score (nSPS) is 23.0. The number of thioether (sulfide) groups is 1. The molecule has 3 nitrogen and oxygen atoms in total. The highest BCUT2D eigenvalue weighted by Gasteiger charge is 2.42. The first-order valence-electron chi connectivity index (χ1n) is 5.20. The van der Waals surface area contributed by atoms with E-state index in [9.17, 15) is 13.6 Å². The van der Waals surface area contributed by atoms with Gasteiger partial charge in [0.15, 0.2) is 0 Å². The number of rotatable bonds is 4. The number of amides is 1. The Morgan fingerprint density at radius 3 is 2.59 bits per heavy atom. The van der Waals surface area contributed by atoms with E-state index in [2.05, 4.69) is 10.6 Å². The summed E-state index contributed by atoms with van der Waals surface area (Å²) in [6, 6.07) is -0.757. The minimum absolute atomic E-state index is 0. The van der Waals surface area contributed by atoms with Crippen molar-refractivity contribution in [2.45, 2.75) is 37.0 Å². The van der Waals surface area contributed by atoms with E-state index < -0.39 is 24.9 Å². The number of alkyl halides is 2. The fraction of sp³-hybridized carbons (Fsp3) is 0.900. The maximum Gasteiger partial charge on any atom is 0.262 e. The SMILES string of the molecule is CSC(C)(C)CNC(=O)C1CC(F)(F)CN1.Cl. The third-order valence-electron chi connectivity index (χ3n) is 2.67. The molecular formula is C10H19ClF2N2OS. The molecule has 102 valence electrons. The number of carbonyl (C=O) groups is 1. The lowest BCUT2D eigenvalue weighted by Gasteiger charge is -2.23. The third-order valence-corrected chi connectivity index (χ3v) is 3.92. The standard InChI is InChI=1S/C10H18F2N2OS.ClH/c1-9(2,16-3)5-14-8(15)7-4-10(11,12)6-13-7;/h7,13H,4-6H2,1-3H3,(H,14,15);1H. The summed E-state index contributed by atoms with van der Waals surface area (Å²) in [5.41, 5.74) is 0. The van der Waals surface area contributed by atoms with Crippen LogP contribution in [0, 0.1) is 0 Å². The summed E-state index contributed by atoms with van der Waals surface area (Å²) >= 11 is 1.63. The molecule has 0 aromatic rings. The second-order valence-electron chi connectivity index (χ2n) is 4.68. The molecule has 0 spiro atoms. The number of halogens is 3. The van der Waals surface area contributed by atoms with Crippen LogP contribution in [0.3, 0.4) is 0 Å². The van der Waals surface area contributed by atoms with Gasteiger partial charge in [0.1, 0.15) is 0 Å². The van der Waals surface area contributed by atoms with E-state index in [0.717, 1.165) is 0 Å². The van der Waals surface area contributed by atoms with Crippen LogP contribution in [0.4, 0.5) is 8.78 Å². The van der Waals surface area contributed by atoms with Crippen molar-refractivity contribution in [3.05, 3.63) is 0 Å². The zero-order chi connectivity index (χ0) is 12.4. The van der Waals surface area contributed by atoms with Crippen molar-refractivity contribution in [3.63, 3.8) is 0 Å². The topological polar surface area (TPSA) is 41.1 Å². The molecule has 1 rings (SSSR count). The van der Waals surface area contributed by atoms with Crippen molar-refractivity contribution in [3.8, 4) is 0 Å². The smallest absolute Gasteiger partial charge is 0.262 e. The second kappa shape index (κ2) is 6.20. The molecule has 1 saturated heterocycles. The van der Waals surface area contributed by atoms with Gasteiger partial charge in [0.05, 0.1) is 12.6 Å². The summed E-state index contributed by atoms with van der Waals surface area (Å²) in [7, 11) is 0. The quantitative estimate of drug-likeness (QED) is 0.827. The average molecular weight is 289 g/mol. The van der Waals surface area contributed by atoms with Crippen LogP contribution in [0.5, 0.6) is 0 Å². The van der Waals surface area contributed by atoms with Gasteiger partial charge in [-0.25, -0.2) is 8.78 Å². The summed E-state index contributed by atoms with van der Waals surface area (Å²) in [6.07, 6.45) is 1.55. The number of carbonyl (C=O) groups excluding carboxylic acids is 1. The number of nitrogens with one attached hydrogen (secondary N) is 2. The van der Waals surface area contributed by atoms with Crippen molar-refractivity contribution in [2.75, 3.05) is 19.3 Å². The molecule has 2 N–H and O–H groups in total. The maximum absolute atomic E-state index is 12.8. The fourth-order valence-corrected chi connectivity index (χ4v) is 1.61. The molecule has 1 fully saturated rings. The molecule has 1 heterocycles. The van der Waals surface area contributed by atoms with E-state index in [4.69, 9.17) is 0 Å². The largest absolute Gasteiger partial charge is 0.353 e. The van der Waals surface area contributed by atoms with Gasteiger partial charge in [-0.3, -0.25) is 10.1 Å². The van der Waals surface area contributed by atoms with Gasteiger partial charge in [0, 0.05) is 17.7 Å². The fourth-order valence-electron chi connectivity index (χ4n) is 1.40. The Labute approximate surface area is 111 Å². The number of hydrogen-bond acceptors (Lipinski definition) is 3. The molecule has 1 atom stereocenters. The molecule has 0 bridgehead atoms. The first kappa shape index (κ1) is 16.9. The highest BCUT2D eigenvalue weighted by atomic mass is 35.5. The molecule has 0 aromatic heterocycles. The van der Waals surface area contributed by atoms with Gasteiger partial charge in [0.25, 0.3) is 5.92 Å². The van der Waals surface area contributed by atoms with Gasteiger partial charge < -0.3 is 5.32 Å². The molecule has 17 heavy (non-hydrogen) atoms. The zero-order valence-electron chi connectivity index (χ0n) is 10.2. The predicted octanol–water partition coefficient (Wildman–Crippen LogP) is 1.66. The summed E-state index contributed by atoms with van der Waals surface area (Å²) in [4.78, 5) is 11.6. The van der Waals surface area contributed by atoms with Crippen molar-refractivity contribution in [1.29, 1.82) is 0 Å². The van der Waals surface area contributed by atoms with Crippen molar-refractivity contribution in [2.24, 2.45) is 0 Å². The van der Waals surface area contributed by atoms with Crippen LogP contribution in [0.25, 0.3) is 0 Å². The lowest BCUT2D eigenvalue weighted by atomic mass is 10.1. The third kappa shape index (κ3) is 5.40. The van der Waals surface area contributed by atoms with Gasteiger partial charge in [0.2, 0.25) is 5.91 Å². The van der Waals surface area contributed by atoms with Crippen LogP contribution >= 0.6 is 24.2 Å². The monoisotopic (exact) mass is 288 g/mol. The van der Waals surface area contributed by atoms with Crippen LogP contribution in [0.2, 0.25) is 0 Å². The van der Waals surface area contributed by atoms with E-state index in [-0.39, 0.29) is 23.1 Å². The minimum atomic E-state index is -2.75. The maximum atomic E-state index is 12.8. The van der Waals surface area contributed by atoms with Gasteiger partial charge in [-0.15, -0.1) is 12.4 Å². The predicted molar refractivity (Wildman–Crippen MR) is 69.2 cm³/mol. The van der Waals surface area contributed by atoms with Crippen molar-refractivity contribution in [1.82, 2.24) is 10.6 Å². The molecule has 1 aliphatic rings. The zero-order valence-corrected chi connectivity index (χ0v) is 11.8. The molecular weight excluding hydrogens is 270 g/mol.